The molecule has 2 bridgehead atoms. The fraction of sp³-hybridized carbons (Fsp3) is 0.565. The van der Waals surface area contributed by atoms with Crippen molar-refractivity contribution in [2.45, 2.75) is 58.8 Å². The van der Waals surface area contributed by atoms with Crippen LogP contribution in [0.1, 0.15) is 49.7 Å². The van der Waals surface area contributed by atoms with E-state index in [0.29, 0.717) is 29.6 Å². The Hall–Kier alpha value is -3.31. The molecule has 2 fully saturated rings. The first-order chi connectivity index (χ1) is 16.6. The van der Waals surface area contributed by atoms with Gasteiger partial charge in [-0.3, -0.25) is 0 Å². The van der Waals surface area contributed by atoms with Crippen LogP contribution in [-0.2, 0) is 6.18 Å². The molecule has 1 aliphatic carbocycles. The van der Waals surface area contributed by atoms with Crippen LogP contribution in [-0.4, -0.2) is 44.0 Å². The third-order valence-corrected chi connectivity index (χ3v) is 6.73. The fourth-order valence-corrected chi connectivity index (χ4v) is 5.03. The van der Waals surface area contributed by atoms with Crippen LogP contribution in [0, 0.1) is 25.7 Å². The molecule has 35 heavy (non-hydrogen) atoms. The highest BCUT2D eigenvalue weighted by Gasteiger charge is 2.44. The van der Waals surface area contributed by atoms with Crippen molar-refractivity contribution in [1.29, 1.82) is 0 Å². The molecule has 1 saturated heterocycles. The summed E-state index contributed by atoms with van der Waals surface area (Å²) in [6.07, 6.45) is -2.34. The second-order valence-electron chi connectivity index (χ2n) is 9.63. The third-order valence-electron chi connectivity index (χ3n) is 6.73. The van der Waals surface area contributed by atoms with E-state index in [9.17, 15) is 13.2 Å². The van der Waals surface area contributed by atoms with Gasteiger partial charge in [0.25, 0.3) is 0 Å². The van der Waals surface area contributed by atoms with E-state index in [1.807, 2.05) is 13.8 Å². The van der Waals surface area contributed by atoms with Crippen molar-refractivity contribution >= 4 is 12.0 Å². The number of alkyl halides is 3. The molecule has 1 saturated carbocycles. The maximum atomic E-state index is 13.3. The number of ether oxygens (including phenoxy) is 1. The van der Waals surface area contributed by atoms with Crippen molar-refractivity contribution < 1.29 is 22.4 Å². The van der Waals surface area contributed by atoms with Gasteiger partial charge in [-0.15, -0.1) is 5.10 Å². The van der Waals surface area contributed by atoms with Crippen LogP contribution < -0.4 is 15.0 Å². The van der Waals surface area contributed by atoms with Gasteiger partial charge in [0.2, 0.25) is 5.95 Å². The molecule has 3 atom stereocenters. The number of halogens is 3. The SMILES string of the molecule is Cc1noc(N2C[C@H]3CC[C@@H](C2)[C@H]3Nc2nc(Oc3ccc(C)c(C(F)(F)F)c3)n(C(C)C)n2)n1. The third kappa shape index (κ3) is 4.65. The van der Waals surface area contributed by atoms with Crippen LogP contribution >= 0.6 is 0 Å². The molecule has 1 N–H and O–H groups in total. The maximum Gasteiger partial charge on any atom is 0.416 e. The predicted octanol–water partition coefficient (Wildman–Crippen LogP) is 5.00. The highest BCUT2D eigenvalue weighted by atomic mass is 19.4. The van der Waals surface area contributed by atoms with Crippen LogP contribution in [0.15, 0.2) is 22.7 Å². The van der Waals surface area contributed by atoms with Gasteiger partial charge >= 0.3 is 18.2 Å². The van der Waals surface area contributed by atoms with Crippen molar-refractivity contribution in [3.8, 4) is 11.8 Å². The Labute approximate surface area is 200 Å². The zero-order valence-corrected chi connectivity index (χ0v) is 20.0. The lowest BCUT2D eigenvalue weighted by Gasteiger charge is -2.37. The number of piperidine rings is 1. The van der Waals surface area contributed by atoms with Crippen molar-refractivity contribution in [3.63, 3.8) is 0 Å². The Morgan fingerprint density at radius 2 is 1.83 bits per heavy atom. The highest BCUT2D eigenvalue weighted by molar-refractivity contribution is 5.39. The quantitative estimate of drug-likeness (QED) is 0.515. The minimum atomic E-state index is -4.46. The van der Waals surface area contributed by atoms with Crippen molar-refractivity contribution in [3.05, 3.63) is 35.2 Å². The van der Waals surface area contributed by atoms with Gasteiger partial charge in [0.15, 0.2) is 5.82 Å². The van der Waals surface area contributed by atoms with Gasteiger partial charge in [-0.05, 0) is 70.1 Å². The van der Waals surface area contributed by atoms with Crippen LogP contribution in [0.3, 0.4) is 0 Å². The Morgan fingerprint density at radius 1 is 1.11 bits per heavy atom. The van der Waals surface area contributed by atoms with Gasteiger partial charge in [0.05, 0.1) is 11.6 Å². The van der Waals surface area contributed by atoms with Gasteiger partial charge in [-0.2, -0.15) is 23.1 Å². The van der Waals surface area contributed by atoms with E-state index in [1.165, 1.54) is 19.1 Å². The number of nitrogens with one attached hydrogen (secondary N) is 1. The molecule has 2 aromatic heterocycles. The van der Waals surface area contributed by atoms with Gasteiger partial charge < -0.3 is 19.5 Å². The molecular weight excluding hydrogens is 463 g/mol. The van der Waals surface area contributed by atoms with Gasteiger partial charge in [0, 0.05) is 19.1 Å². The lowest BCUT2D eigenvalue weighted by atomic mass is 9.92. The number of rotatable bonds is 6. The predicted molar refractivity (Wildman–Crippen MR) is 122 cm³/mol. The summed E-state index contributed by atoms with van der Waals surface area (Å²) in [5.41, 5.74) is -0.598. The molecule has 3 aromatic rings. The number of aryl methyl sites for hydroxylation is 2. The lowest BCUT2D eigenvalue weighted by Crippen LogP contribution is -2.48. The lowest BCUT2D eigenvalue weighted by molar-refractivity contribution is -0.138. The Bertz CT molecular complexity index is 1190. The summed E-state index contributed by atoms with van der Waals surface area (Å²) < 4.78 is 52.7. The number of fused-ring (bicyclic) bond motifs is 2. The molecular formula is C23H28F3N7O2. The molecule has 188 valence electrons. The number of benzene rings is 1. The molecule has 5 rings (SSSR count). The standard InChI is InChI=1S/C23H28F3N7O2/c1-12(2)33-22(34-17-8-5-13(3)18(9-17)23(24,25)26)29-20(30-33)28-19-15-6-7-16(19)11-32(10-15)21-27-14(4)31-35-21/h5,8-9,12,15-16,19H,6-7,10-11H2,1-4H3,(H,28,30)/t15-,16+,19+. The summed E-state index contributed by atoms with van der Waals surface area (Å²) in [4.78, 5) is 11.0. The Kier molecular flexibility index (Phi) is 5.84. The molecule has 1 aliphatic heterocycles. The molecule has 3 heterocycles. The van der Waals surface area contributed by atoms with E-state index in [4.69, 9.17) is 9.26 Å². The summed E-state index contributed by atoms with van der Waals surface area (Å²) in [6, 6.07) is 4.66. The Balaban J connectivity index is 1.34. The number of hydrogen-bond donors (Lipinski definition) is 1. The number of anilines is 2. The minimum Gasteiger partial charge on any atom is -0.424 e. The van der Waals surface area contributed by atoms with Crippen LogP contribution in [0.4, 0.5) is 25.1 Å². The van der Waals surface area contributed by atoms with Crippen LogP contribution in [0.5, 0.6) is 11.8 Å². The smallest absolute Gasteiger partial charge is 0.416 e. The average Bonchev–Trinajstić information content (AvgIpc) is 3.45. The molecule has 0 amide bonds. The second-order valence-corrected chi connectivity index (χ2v) is 9.63. The van der Waals surface area contributed by atoms with Crippen LogP contribution in [0.25, 0.3) is 0 Å². The van der Waals surface area contributed by atoms with Gasteiger partial charge in [0.1, 0.15) is 5.75 Å². The molecule has 0 unspecified atom stereocenters. The number of hydrogen-bond acceptors (Lipinski definition) is 8. The molecule has 2 aliphatic rings. The van der Waals surface area contributed by atoms with Crippen molar-refractivity contribution in [2.24, 2.45) is 11.8 Å². The molecule has 0 spiro atoms. The normalized spacial score (nSPS) is 22.2. The summed E-state index contributed by atoms with van der Waals surface area (Å²) >= 11 is 0. The Morgan fingerprint density at radius 3 is 2.43 bits per heavy atom. The van der Waals surface area contributed by atoms with Gasteiger partial charge in [-0.25, -0.2) is 4.68 Å². The number of aromatic nitrogens is 5. The topological polar surface area (TPSA) is 94.1 Å². The summed E-state index contributed by atoms with van der Waals surface area (Å²) in [5.74, 6) is 1.78. The zero-order valence-electron chi connectivity index (χ0n) is 20.0. The highest BCUT2D eigenvalue weighted by Crippen LogP contribution is 2.40. The summed E-state index contributed by atoms with van der Waals surface area (Å²) in [5, 5.41) is 11.9. The molecule has 1 aromatic carbocycles. The van der Waals surface area contributed by atoms with E-state index in [2.05, 4.69) is 30.4 Å². The second kappa shape index (κ2) is 8.72. The van der Waals surface area contributed by atoms with Crippen molar-refractivity contribution in [2.75, 3.05) is 23.3 Å². The fourth-order valence-electron chi connectivity index (χ4n) is 5.03. The monoisotopic (exact) mass is 491 g/mol. The first kappa shape index (κ1) is 23.4. The zero-order chi connectivity index (χ0) is 24.9. The number of nitrogens with zero attached hydrogens (tertiary/aromatic N) is 6. The van der Waals surface area contributed by atoms with Gasteiger partial charge in [-0.1, -0.05) is 11.2 Å². The summed E-state index contributed by atoms with van der Waals surface area (Å²) in [7, 11) is 0. The van der Waals surface area contributed by atoms with Crippen molar-refractivity contribution in [1.82, 2.24) is 24.9 Å². The first-order valence-electron chi connectivity index (χ1n) is 11.7. The van der Waals surface area contributed by atoms with E-state index >= 15 is 0 Å². The van der Waals surface area contributed by atoms with Crippen LogP contribution in [0.2, 0.25) is 0 Å². The molecule has 9 nitrogen and oxygen atoms in total. The largest absolute Gasteiger partial charge is 0.424 e. The first-order valence-corrected chi connectivity index (χ1v) is 11.7. The van der Waals surface area contributed by atoms with E-state index in [-0.39, 0.29) is 29.4 Å². The maximum absolute atomic E-state index is 13.3. The van der Waals surface area contributed by atoms with E-state index in [1.54, 1.807) is 11.6 Å². The van der Waals surface area contributed by atoms with E-state index in [0.717, 1.165) is 32.0 Å². The summed E-state index contributed by atoms with van der Waals surface area (Å²) in [6.45, 7) is 8.62. The molecule has 0 radical (unpaired) electrons. The molecule has 12 heteroatoms. The minimum absolute atomic E-state index is 0.0620. The average molecular weight is 492 g/mol. The van der Waals surface area contributed by atoms with E-state index < -0.39 is 11.7 Å².